The van der Waals surface area contributed by atoms with Gasteiger partial charge < -0.3 is 14.5 Å². The van der Waals surface area contributed by atoms with Crippen molar-refractivity contribution < 1.29 is 14.3 Å². The monoisotopic (exact) mass is 523 g/mol. The van der Waals surface area contributed by atoms with Crippen LogP contribution < -0.4 is 4.74 Å². The molecule has 1 fully saturated rings. The van der Waals surface area contributed by atoms with Gasteiger partial charge in [0, 0.05) is 42.6 Å². The molecule has 6 nitrogen and oxygen atoms in total. The van der Waals surface area contributed by atoms with Crippen LogP contribution in [0.25, 0.3) is 0 Å². The minimum atomic E-state index is -0.0445. The number of ether oxygens (including phenoxy) is 1. The number of benzene rings is 2. The molecule has 0 radical (unpaired) electrons. The molecule has 3 aromatic rings. The Balaban J connectivity index is 1.20. The first-order valence-corrected chi connectivity index (χ1v) is 13.6. The highest BCUT2D eigenvalue weighted by Gasteiger charge is 2.32. The molecule has 8 heteroatoms. The summed E-state index contributed by atoms with van der Waals surface area (Å²) in [6.07, 6.45) is 1.71. The quantitative estimate of drug-likeness (QED) is 0.478. The molecule has 2 aromatic carbocycles. The number of carbonyl (C=O) groups is 2. The average molecular weight is 524 g/mol. The van der Waals surface area contributed by atoms with E-state index in [4.69, 9.17) is 16.3 Å². The minimum absolute atomic E-state index is 0.0114. The van der Waals surface area contributed by atoms with E-state index in [1.807, 2.05) is 52.3 Å². The standard InChI is InChI=1S/C28H30ClN3O3S/c29-22-9-7-21(8-10-22)28-24-12-18-36-25(24)11-15-32(28)19-26(33)30-13-4-14-31(17-16-30)27(34)20-35-23-5-2-1-3-6-23/h1-3,5-10,12,18,28H,4,11,13-17,19-20H2. The Hall–Kier alpha value is -2.87. The molecule has 5 rings (SSSR count). The summed E-state index contributed by atoms with van der Waals surface area (Å²) >= 11 is 7.93. The molecule has 1 atom stereocenters. The summed E-state index contributed by atoms with van der Waals surface area (Å²) in [5.74, 6) is 0.752. The predicted octanol–water partition coefficient (Wildman–Crippen LogP) is 4.49. The molecule has 188 valence electrons. The fourth-order valence-electron chi connectivity index (χ4n) is 5.02. The van der Waals surface area contributed by atoms with E-state index in [-0.39, 0.29) is 24.5 Å². The zero-order valence-electron chi connectivity index (χ0n) is 20.1. The Kier molecular flexibility index (Phi) is 7.90. The minimum Gasteiger partial charge on any atom is -0.484 e. The molecule has 1 saturated heterocycles. The Labute approximate surface area is 221 Å². The number of amides is 2. The molecular formula is C28H30ClN3O3S. The highest BCUT2D eigenvalue weighted by molar-refractivity contribution is 7.10. The van der Waals surface area contributed by atoms with E-state index in [9.17, 15) is 9.59 Å². The Morgan fingerprint density at radius 2 is 1.61 bits per heavy atom. The Morgan fingerprint density at radius 3 is 2.36 bits per heavy atom. The number of para-hydroxylation sites is 1. The van der Waals surface area contributed by atoms with E-state index in [2.05, 4.69) is 28.5 Å². The van der Waals surface area contributed by atoms with Gasteiger partial charge in [-0.3, -0.25) is 14.5 Å². The number of hydrogen-bond donors (Lipinski definition) is 0. The molecular weight excluding hydrogens is 494 g/mol. The third kappa shape index (κ3) is 5.75. The molecule has 1 aromatic heterocycles. The SMILES string of the molecule is O=C(COc1ccccc1)N1CCCN(C(=O)CN2CCc3sccc3C2c2ccc(Cl)cc2)CC1. The second-order valence-corrected chi connectivity index (χ2v) is 10.6. The van der Waals surface area contributed by atoms with E-state index >= 15 is 0 Å². The molecule has 2 aliphatic heterocycles. The smallest absolute Gasteiger partial charge is 0.260 e. The van der Waals surface area contributed by atoms with Crippen LogP contribution in [0, 0.1) is 0 Å². The molecule has 0 aliphatic carbocycles. The second-order valence-electron chi connectivity index (χ2n) is 9.19. The zero-order valence-corrected chi connectivity index (χ0v) is 21.7. The third-order valence-electron chi connectivity index (χ3n) is 6.90. The molecule has 0 saturated carbocycles. The molecule has 0 bridgehead atoms. The maximum absolute atomic E-state index is 13.4. The van der Waals surface area contributed by atoms with Crippen LogP contribution in [0.2, 0.25) is 5.02 Å². The molecule has 0 N–H and O–H groups in total. The number of thiophene rings is 1. The maximum atomic E-state index is 13.4. The largest absolute Gasteiger partial charge is 0.484 e. The number of halogens is 1. The van der Waals surface area contributed by atoms with Gasteiger partial charge >= 0.3 is 0 Å². The maximum Gasteiger partial charge on any atom is 0.260 e. The number of carbonyl (C=O) groups excluding carboxylic acids is 2. The van der Waals surface area contributed by atoms with Crippen molar-refractivity contribution in [3.05, 3.63) is 87.1 Å². The molecule has 3 heterocycles. The number of hydrogen-bond acceptors (Lipinski definition) is 5. The lowest BCUT2D eigenvalue weighted by Gasteiger charge is -2.37. The molecule has 1 unspecified atom stereocenters. The molecule has 0 spiro atoms. The van der Waals surface area contributed by atoms with E-state index in [1.54, 1.807) is 11.3 Å². The predicted molar refractivity (Wildman–Crippen MR) is 143 cm³/mol. The first-order valence-electron chi connectivity index (χ1n) is 12.4. The van der Waals surface area contributed by atoms with Gasteiger partial charge in [-0.05, 0) is 59.7 Å². The van der Waals surface area contributed by atoms with Crippen molar-refractivity contribution in [2.24, 2.45) is 0 Å². The van der Waals surface area contributed by atoms with Crippen molar-refractivity contribution in [2.75, 3.05) is 45.9 Å². The summed E-state index contributed by atoms with van der Waals surface area (Å²) < 4.78 is 5.63. The van der Waals surface area contributed by atoms with Crippen LogP contribution in [0.5, 0.6) is 5.75 Å². The van der Waals surface area contributed by atoms with Crippen molar-refractivity contribution in [1.82, 2.24) is 14.7 Å². The van der Waals surface area contributed by atoms with Gasteiger partial charge in [-0.25, -0.2) is 0 Å². The van der Waals surface area contributed by atoms with Crippen LogP contribution >= 0.6 is 22.9 Å². The highest BCUT2D eigenvalue weighted by atomic mass is 35.5. The third-order valence-corrected chi connectivity index (χ3v) is 8.15. The van der Waals surface area contributed by atoms with Gasteiger partial charge in [0.1, 0.15) is 5.75 Å². The van der Waals surface area contributed by atoms with E-state index in [0.717, 1.165) is 24.9 Å². The van der Waals surface area contributed by atoms with Crippen LogP contribution in [0.1, 0.15) is 28.5 Å². The van der Waals surface area contributed by atoms with Crippen LogP contribution in [0.15, 0.2) is 66.0 Å². The molecule has 2 amide bonds. The topological polar surface area (TPSA) is 53.1 Å². The summed E-state index contributed by atoms with van der Waals surface area (Å²) in [7, 11) is 0. The summed E-state index contributed by atoms with van der Waals surface area (Å²) in [6.45, 7) is 3.56. The normalized spacial score (nSPS) is 18.4. The van der Waals surface area contributed by atoms with Crippen LogP contribution in [-0.2, 0) is 16.0 Å². The Morgan fingerprint density at radius 1 is 0.889 bits per heavy atom. The summed E-state index contributed by atoms with van der Waals surface area (Å²) in [4.78, 5) is 33.5. The van der Waals surface area contributed by atoms with Crippen LogP contribution in [-0.4, -0.2) is 72.4 Å². The van der Waals surface area contributed by atoms with Crippen LogP contribution in [0.3, 0.4) is 0 Å². The lowest BCUT2D eigenvalue weighted by molar-refractivity contribution is -0.135. The number of nitrogens with zero attached hydrogens (tertiary/aromatic N) is 3. The molecule has 2 aliphatic rings. The van der Waals surface area contributed by atoms with Crippen molar-refractivity contribution in [2.45, 2.75) is 18.9 Å². The molecule has 36 heavy (non-hydrogen) atoms. The van der Waals surface area contributed by atoms with E-state index in [1.165, 1.54) is 10.4 Å². The fraction of sp³-hybridized carbons (Fsp3) is 0.357. The first kappa shape index (κ1) is 24.8. The van der Waals surface area contributed by atoms with Crippen LogP contribution in [0.4, 0.5) is 0 Å². The van der Waals surface area contributed by atoms with E-state index < -0.39 is 0 Å². The van der Waals surface area contributed by atoms with Gasteiger partial charge in [0.15, 0.2) is 6.61 Å². The first-order chi connectivity index (χ1) is 17.6. The number of fused-ring (bicyclic) bond motifs is 1. The van der Waals surface area contributed by atoms with Gasteiger partial charge in [-0.15, -0.1) is 11.3 Å². The average Bonchev–Trinajstić information content (AvgIpc) is 3.24. The van der Waals surface area contributed by atoms with Gasteiger partial charge in [-0.2, -0.15) is 0 Å². The zero-order chi connectivity index (χ0) is 24.9. The highest BCUT2D eigenvalue weighted by Crippen LogP contribution is 2.38. The van der Waals surface area contributed by atoms with E-state index in [0.29, 0.717) is 43.5 Å². The fourth-order valence-corrected chi connectivity index (χ4v) is 6.05. The van der Waals surface area contributed by atoms with Crippen molar-refractivity contribution in [3.8, 4) is 5.75 Å². The van der Waals surface area contributed by atoms with Crippen molar-refractivity contribution in [1.29, 1.82) is 0 Å². The van der Waals surface area contributed by atoms with Gasteiger partial charge in [0.2, 0.25) is 5.91 Å². The van der Waals surface area contributed by atoms with Crippen molar-refractivity contribution in [3.63, 3.8) is 0 Å². The summed E-state index contributed by atoms with van der Waals surface area (Å²) in [6, 6.07) is 19.5. The van der Waals surface area contributed by atoms with Gasteiger partial charge in [-0.1, -0.05) is 41.9 Å². The summed E-state index contributed by atoms with van der Waals surface area (Å²) in [5, 5.41) is 2.85. The lowest BCUT2D eigenvalue weighted by atomic mass is 9.93. The summed E-state index contributed by atoms with van der Waals surface area (Å²) in [5.41, 5.74) is 2.44. The second kappa shape index (κ2) is 11.5. The van der Waals surface area contributed by atoms with Crippen molar-refractivity contribution >= 4 is 34.8 Å². The Bertz CT molecular complexity index is 1180. The number of rotatable bonds is 6. The van der Waals surface area contributed by atoms with Gasteiger partial charge in [0.25, 0.3) is 5.91 Å². The van der Waals surface area contributed by atoms with Gasteiger partial charge in [0.05, 0.1) is 12.6 Å². The lowest BCUT2D eigenvalue weighted by Crippen LogP contribution is -2.45.